The van der Waals surface area contributed by atoms with Crippen LogP contribution in [0.25, 0.3) is 22.0 Å². The summed E-state index contributed by atoms with van der Waals surface area (Å²) < 4.78 is 0. The van der Waals surface area contributed by atoms with Crippen LogP contribution in [0.2, 0.25) is 0 Å². The molecule has 116 heavy (non-hydrogen) atoms. The van der Waals surface area contributed by atoms with Crippen molar-refractivity contribution in [2.24, 2.45) is 35.0 Å². The van der Waals surface area contributed by atoms with E-state index >= 15 is 0 Å². The Labute approximate surface area is 671 Å². The third kappa shape index (κ3) is 27.2. The normalized spacial score (nSPS) is 15.0. The molecule has 1 heterocycles. The van der Waals surface area contributed by atoms with Crippen LogP contribution in [-0.4, -0.2) is 226 Å². The van der Waals surface area contributed by atoms with E-state index in [-0.39, 0.29) is 70.0 Å². The number of aromatic nitrogens is 1. The number of para-hydroxylation sites is 1. The molecule has 0 radical (unpaired) electrons. The molecule has 13 atom stereocenters. The van der Waals surface area contributed by atoms with Gasteiger partial charge in [-0.3, -0.25) is 71.9 Å². The van der Waals surface area contributed by atoms with Gasteiger partial charge in [0.25, 0.3) is 0 Å². The monoisotopic (exact) mass is 1610 g/mol. The van der Waals surface area contributed by atoms with Gasteiger partial charge in [0, 0.05) is 48.7 Å². The zero-order chi connectivity index (χ0) is 85.5. The molecule has 0 bridgehead atoms. The van der Waals surface area contributed by atoms with Crippen molar-refractivity contribution < 1.29 is 92.3 Å². The highest BCUT2D eigenvalue weighted by Gasteiger charge is 2.39. The lowest BCUT2D eigenvalue weighted by Crippen LogP contribution is -2.62. The average molecular weight is 1610 g/mol. The van der Waals surface area contributed by atoms with E-state index in [1.54, 1.807) is 102 Å². The predicted octanol–water partition coefficient (Wildman–Crippen LogP) is -2.16. The number of hydrogen-bond acceptors (Lipinski definition) is 20. The minimum Gasteiger partial charge on any atom is -0.481 e. The molecular weight excluding hydrogens is 1500 g/mol. The number of amides is 13. The number of carboxylic acid groups (broad SMARTS) is 2. The fraction of sp³-hybridized carbons (Fsp3) is 0.487. The number of benzene rings is 4. The second-order valence-electron chi connectivity index (χ2n) is 29.3. The van der Waals surface area contributed by atoms with Gasteiger partial charge in [0.15, 0.2) is 0 Å². The van der Waals surface area contributed by atoms with Gasteiger partial charge in [-0.15, -0.1) is 0 Å². The molecule has 5 aromatic rings. The van der Waals surface area contributed by atoms with Crippen molar-refractivity contribution >= 4 is 99.6 Å². The first-order valence-corrected chi connectivity index (χ1v) is 38.7. The molecular formula is C80H111N17O19. The first-order valence-electron chi connectivity index (χ1n) is 38.7. The Kier molecular flexibility index (Phi) is 36.9. The lowest BCUT2D eigenvalue weighted by atomic mass is 9.92. The van der Waals surface area contributed by atoms with E-state index in [1.165, 1.54) is 6.92 Å². The number of nitrogens with one attached hydrogen (secondary N) is 14. The Balaban J connectivity index is 1.11. The lowest BCUT2D eigenvalue weighted by Gasteiger charge is -2.30. The zero-order valence-electron chi connectivity index (χ0n) is 66.1. The number of hydrogen-bond donors (Lipinski definition) is 21. The van der Waals surface area contributed by atoms with Gasteiger partial charge in [-0.2, -0.15) is 0 Å². The fourth-order valence-corrected chi connectivity index (χ4v) is 13.2. The van der Waals surface area contributed by atoms with Gasteiger partial charge in [0.2, 0.25) is 76.8 Å². The highest BCUT2D eigenvalue weighted by molar-refractivity contribution is 6.00. The van der Waals surface area contributed by atoms with Crippen molar-refractivity contribution in [2.75, 3.05) is 39.4 Å². The van der Waals surface area contributed by atoms with E-state index in [4.69, 9.17) is 17.2 Å². The van der Waals surface area contributed by atoms with E-state index in [2.05, 4.69) is 74.1 Å². The smallest absolute Gasteiger partial charge is 0.325 e. The third-order valence-electron chi connectivity index (χ3n) is 19.9. The second-order valence-corrected chi connectivity index (χ2v) is 29.3. The van der Waals surface area contributed by atoms with Crippen LogP contribution in [0.5, 0.6) is 0 Å². The SMILES string of the molecule is CC[C@H](C)[C@@H](NC(=O)[C@@H](NC(=O)[C@H](CCC(=O)O)NC(=O)[C@H](Cc1ccccc1)NC(=O)[C@@H](CCN)NC(=O)[C@H](CCN)NC(=O)[C@H](CO)NC(=O)[C@@H](Cc1c[nH]c2ccccc12)NC(=O)[C@@H](CO)NC(=O)CNC(=O)[C@@H](CCN)NC(=O)[C@H](NC(=O)CCC1c2ccccc2-c2ccccc21)C(C)C)C(C)C)C(=O)N[C@@H](C)C(=O)O. The molecule has 1 aromatic heterocycles. The number of H-pyrrole nitrogens is 1. The molecule has 1 aliphatic rings. The largest absolute Gasteiger partial charge is 0.481 e. The standard InChI is InChI=1S/C80H111N17O19/c1-8-44(6)68(79(114)86-45(7)80(115)116)97-78(113)67(43(4)5)96-72(107)55(27-29-65(102)103)88-73(108)59(36-46-18-10-9-11-19-46)92-71(106)58(32-35-83)89-70(105)57(31-34-82)90-76(111)62(41-99)94-74(109)60(37-47-38-84-54-25-17-16-20-48(47)54)93-75(110)61(40-98)87-64(101)39-85-69(104)56(30-33-81)91-77(112)66(42(2)3)95-63(100)28-26-53-51-23-14-12-21-49(51)50-22-13-15-24-52(50)53/h9-25,38,42-45,53,55-62,66-68,84,98-99H,8,26-37,39-41,81-83H2,1-7H3,(H,85,104)(H,86,114)(H,87,101)(H,88,108)(H,89,105)(H,90,111)(H,91,112)(H,92,106)(H,93,110)(H,94,109)(H,95,100)(H,96,107)(H,97,113)(H,102,103)(H,115,116)/t44-,45-,55-,56+,57-,58+,59-,60+,61+,62-,66+,67-,68+/m0/s1. The molecule has 0 unspecified atom stereocenters. The molecule has 630 valence electrons. The number of carbonyl (C=O) groups excluding carboxylic acids is 13. The Morgan fingerprint density at radius 2 is 0.828 bits per heavy atom. The number of aliphatic carboxylic acids is 2. The Bertz CT molecular complexity index is 4210. The van der Waals surface area contributed by atoms with Crippen LogP contribution in [0, 0.1) is 17.8 Å². The summed E-state index contributed by atoms with van der Waals surface area (Å²) in [5, 5.41) is 73.4. The maximum atomic E-state index is 14.5. The van der Waals surface area contributed by atoms with Crippen molar-refractivity contribution in [1.29, 1.82) is 0 Å². The van der Waals surface area contributed by atoms with Crippen molar-refractivity contribution in [3.8, 4) is 11.1 Å². The fourth-order valence-electron chi connectivity index (χ4n) is 13.2. The Morgan fingerprint density at radius 3 is 1.34 bits per heavy atom. The van der Waals surface area contributed by atoms with Crippen LogP contribution in [-0.2, 0) is 84.8 Å². The number of carbonyl (C=O) groups is 15. The maximum Gasteiger partial charge on any atom is 0.325 e. The lowest BCUT2D eigenvalue weighted by molar-refractivity contribution is -0.142. The van der Waals surface area contributed by atoms with Crippen LogP contribution in [0.15, 0.2) is 109 Å². The molecule has 36 heteroatoms. The second kappa shape index (κ2) is 46.0. The summed E-state index contributed by atoms with van der Waals surface area (Å²) in [7, 11) is 0. The molecule has 1 aliphatic carbocycles. The summed E-state index contributed by atoms with van der Waals surface area (Å²) >= 11 is 0. The zero-order valence-corrected chi connectivity index (χ0v) is 66.1. The van der Waals surface area contributed by atoms with Crippen molar-refractivity contribution in [1.82, 2.24) is 74.1 Å². The summed E-state index contributed by atoms with van der Waals surface area (Å²) in [5.74, 6) is -16.6. The number of nitrogens with two attached hydrogens (primary N) is 3. The van der Waals surface area contributed by atoms with E-state index in [0.717, 1.165) is 22.3 Å². The van der Waals surface area contributed by atoms with E-state index in [0.29, 0.717) is 34.9 Å². The van der Waals surface area contributed by atoms with Crippen molar-refractivity contribution in [2.45, 2.75) is 191 Å². The molecule has 0 fully saturated rings. The van der Waals surface area contributed by atoms with E-state index < -0.39 is 206 Å². The van der Waals surface area contributed by atoms with Gasteiger partial charge >= 0.3 is 11.9 Å². The topological polar surface area (TPSA) is 587 Å². The molecule has 0 saturated carbocycles. The van der Waals surface area contributed by atoms with E-state index in [1.807, 2.05) is 48.5 Å². The molecule has 0 aliphatic heterocycles. The molecule has 0 spiro atoms. The summed E-state index contributed by atoms with van der Waals surface area (Å²) in [6.07, 6.45) is -0.0769. The number of aromatic amines is 1. The third-order valence-corrected chi connectivity index (χ3v) is 19.9. The molecule has 6 rings (SSSR count). The molecule has 24 N–H and O–H groups in total. The van der Waals surface area contributed by atoms with Crippen molar-refractivity contribution in [3.63, 3.8) is 0 Å². The average Bonchev–Trinajstić information content (AvgIpc) is 1.62. The van der Waals surface area contributed by atoms with Crippen LogP contribution < -0.4 is 86.3 Å². The van der Waals surface area contributed by atoms with Crippen LogP contribution in [0.3, 0.4) is 0 Å². The summed E-state index contributed by atoms with van der Waals surface area (Å²) in [6, 6.07) is 12.9. The first kappa shape index (κ1) is 93.1. The Morgan fingerprint density at radius 1 is 0.414 bits per heavy atom. The molecule has 13 amide bonds. The number of carboxylic acids is 2. The van der Waals surface area contributed by atoms with Gasteiger partial charge < -0.3 is 112 Å². The van der Waals surface area contributed by atoms with E-state index in [9.17, 15) is 92.3 Å². The number of fused-ring (bicyclic) bond motifs is 4. The summed E-state index contributed by atoms with van der Waals surface area (Å²) in [4.78, 5) is 209. The Hall–Kier alpha value is -11.7. The molecule has 36 nitrogen and oxygen atoms in total. The summed E-state index contributed by atoms with van der Waals surface area (Å²) in [6.45, 7) is 7.56. The number of aliphatic hydroxyl groups excluding tert-OH is 2. The molecule has 4 aromatic carbocycles. The minimum atomic E-state index is -1.88. The van der Waals surface area contributed by atoms with Gasteiger partial charge in [0.05, 0.1) is 19.8 Å². The molecule has 0 saturated heterocycles. The van der Waals surface area contributed by atoms with Crippen LogP contribution in [0.1, 0.15) is 128 Å². The first-order chi connectivity index (χ1) is 55.3. The highest BCUT2D eigenvalue weighted by atomic mass is 16.4. The quantitative estimate of drug-likeness (QED) is 0.0197. The van der Waals surface area contributed by atoms with Crippen LogP contribution >= 0.6 is 0 Å². The highest BCUT2D eigenvalue weighted by Crippen LogP contribution is 2.46. The summed E-state index contributed by atoms with van der Waals surface area (Å²) in [5.41, 5.74) is 23.7. The number of aliphatic hydroxyl groups is 2. The van der Waals surface area contributed by atoms with Crippen LogP contribution in [0.4, 0.5) is 0 Å². The van der Waals surface area contributed by atoms with Gasteiger partial charge in [-0.25, -0.2) is 0 Å². The van der Waals surface area contributed by atoms with Gasteiger partial charge in [-0.1, -0.05) is 145 Å². The maximum absolute atomic E-state index is 14.5. The predicted molar refractivity (Wildman–Crippen MR) is 426 cm³/mol. The van der Waals surface area contributed by atoms with Gasteiger partial charge in [-0.05, 0) is 116 Å². The number of rotatable bonds is 48. The van der Waals surface area contributed by atoms with Gasteiger partial charge in [0.1, 0.15) is 72.5 Å². The minimum absolute atomic E-state index is 0.0460. The van der Waals surface area contributed by atoms with Crippen molar-refractivity contribution in [3.05, 3.63) is 132 Å².